The molecule has 3 rings (SSSR count). The van der Waals surface area contributed by atoms with Crippen LogP contribution in [0.15, 0.2) is 48.5 Å². The summed E-state index contributed by atoms with van der Waals surface area (Å²) in [6.45, 7) is 6.25. The zero-order valence-corrected chi connectivity index (χ0v) is 12.3. The molecule has 100 valence electrons. The summed E-state index contributed by atoms with van der Waals surface area (Å²) >= 11 is 0. The monoisotopic (exact) mass is 261 g/mol. The second-order valence-corrected chi connectivity index (χ2v) is 5.62. The number of hydrogen-bond acceptors (Lipinski definition) is 1. The van der Waals surface area contributed by atoms with Gasteiger partial charge in [0.1, 0.15) is 0 Å². The molecular weight excluding hydrogens is 242 g/mol. The summed E-state index contributed by atoms with van der Waals surface area (Å²) < 4.78 is 0. The van der Waals surface area contributed by atoms with E-state index in [1.54, 1.807) is 0 Å². The summed E-state index contributed by atoms with van der Waals surface area (Å²) in [5, 5.41) is 2.63. The molecule has 0 aliphatic rings. The van der Waals surface area contributed by atoms with E-state index in [4.69, 9.17) is 0 Å². The third-order valence-corrected chi connectivity index (χ3v) is 3.61. The van der Waals surface area contributed by atoms with Crippen molar-refractivity contribution in [2.45, 2.75) is 27.2 Å². The van der Waals surface area contributed by atoms with E-state index in [9.17, 15) is 0 Å². The average molecular weight is 261 g/mol. The molecule has 0 atom stereocenters. The Hall–Kier alpha value is -2.15. The van der Waals surface area contributed by atoms with E-state index in [-0.39, 0.29) is 0 Å². The molecule has 0 saturated heterocycles. The number of fused-ring (bicyclic) bond motifs is 1. The van der Waals surface area contributed by atoms with Crippen LogP contribution in [0.5, 0.6) is 0 Å². The molecule has 0 aliphatic heterocycles. The third kappa shape index (κ3) is 2.72. The van der Waals surface area contributed by atoms with E-state index in [1.807, 2.05) is 0 Å². The number of aromatic nitrogens is 1. The molecule has 0 aliphatic carbocycles. The fourth-order valence-corrected chi connectivity index (χ4v) is 2.78. The van der Waals surface area contributed by atoms with Gasteiger partial charge >= 0.3 is 0 Å². The van der Waals surface area contributed by atoms with Crippen LogP contribution in [-0.2, 0) is 6.42 Å². The first-order valence-corrected chi connectivity index (χ1v) is 7.04. The van der Waals surface area contributed by atoms with Gasteiger partial charge in [-0.2, -0.15) is 0 Å². The topological polar surface area (TPSA) is 12.9 Å². The molecule has 0 N–H and O–H groups in total. The molecule has 0 amide bonds. The van der Waals surface area contributed by atoms with Gasteiger partial charge < -0.3 is 0 Å². The molecule has 1 heterocycles. The second kappa shape index (κ2) is 5.09. The van der Waals surface area contributed by atoms with E-state index in [1.165, 1.54) is 27.5 Å². The van der Waals surface area contributed by atoms with Crippen LogP contribution in [-0.4, -0.2) is 4.98 Å². The molecule has 0 unspecified atom stereocenters. The van der Waals surface area contributed by atoms with Gasteiger partial charge in [0.25, 0.3) is 0 Å². The summed E-state index contributed by atoms with van der Waals surface area (Å²) in [4.78, 5) is 4.44. The van der Waals surface area contributed by atoms with Crippen molar-refractivity contribution in [2.75, 3.05) is 0 Å². The maximum atomic E-state index is 4.44. The minimum atomic E-state index is 0.966. The molecule has 3 aromatic rings. The lowest BCUT2D eigenvalue weighted by Gasteiger charge is -2.07. The normalized spacial score (nSPS) is 10.9. The molecule has 0 saturated carbocycles. The Morgan fingerprint density at radius 1 is 0.700 bits per heavy atom. The smallest absolute Gasteiger partial charge is 0.0378 e. The molecule has 1 aromatic heterocycles. The van der Waals surface area contributed by atoms with E-state index in [2.05, 4.69) is 74.3 Å². The Balaban J connectivity index is 1.96. The number of aryl methyl sites for hydroxylation is 3. The zero-order chi connectivity index (χ0) is 14.1. The molecule has 0 bridgehead atoms. The highest BCUT2D eigenvalue weighted by Crippen LogP contribution is 2.20. The van der Waals surface area contributed by atoms with E-state index in [0.717, 1.165) is 17.8 Å². The van der Waals surface area contributed by atoms with Gasteiger partial charge in [0, 0.05) is 11.4 Å². The Morgan fingerprint density at radius 3 is 2.10 bits per heavy atom. The van der Waals surface area contributed by atoms with Crippen molar-refractivity contribution in [3.63, 3.8) is 0 Å². The van der Waals surface area contributed by atoms with Crippen molar-refractivity contribution < 1.29 is 0 Å². The molecule has 0 fully saturated rings. The van der Waals surface area contributed by atoms with Crippen LogP contribution < -0.4 is 0 Å². The highest BCUT2D eigenvalue weighted by atomic mass is 14.7. The first-order valence-electron chi connectivity index (χ1n) is 7.04. The first kappa shape index (κ1) is 12.9. The lowest BCUT2D eigenvalue weighted by atomic mass is 10.00. The second-order valence-electron chi connectivity index (χ2n) is 5.62. The van der Waals surface area contributed by atoms with Crippen molar-refractivity contribution in [3.05, 3.63) is 76.6 Å². The first-order chi connectivity index (χ1) is 9.60. The fourth-order valence-electron chi connectivity index (χ4n) is 2.78. The van der Waals surface area contributed by atoms with Crippen molar-refractivity contribution in [1.82, 2.24) is 4.98 Å². The molecule has 0 radical (unpaired) electrons. The van der Waals surface area contributed by atoms with Gasteiger partial charge in [-0.3, -0.25) is 4.98 Å². The molecule has 1 nitrogen and oxygen atoms in total. The SMILES string of the molecule is Cc1ccc2cc(Cc3cc(C)nc(C)c3)ccc2c1. The van der Waals surface area contributed by atoms with Crippen LogP contribution in [0, 0.1) is 20.8 Å². The minimum absolute atomic E-state index is 0.966. The van der Waals surface area contributed by atoms with Crippen LogP contribution >= 0.6 is 0 Å². The molecule has 20 heavy (non-hydrogen) atoms. The van der Waals surface area contributed by atoms with Gasteiger partial charge in [-0.1, -0.05) is 42.0 Å². The Morgan fingerprint density at radius 2 is 1.35 bits per heavy atom. The zero-order valence-electron chi connectivity index (χ0n) is 12.3. The minimum Gasteiger partial charge on any atom is -0.258 e. The third-order valence-electron chi connectivity index (χ3n) is 3.61. The van der Waals surface area contributed by atoms with Crippen LogP contribution in [0.1, 0.15) is 28.1 Å². The van der Waals surface area contributed by atoms with Crippen molar-refractivity contribution in [2.24, 2.45) is 0 Å². The maximum Gasteiger partial charge on any atom is 0.0378 e. The lowest BCUT2D eigenvalue weighted by molar-refractivity contribution is 1.07. The highest BCUT2D eigenvalue weighted by molar-refractivity contribution is 5.83. The van der Waals surface area contributed by atoms with Crippen LogP contribution in [0.3, 0.4) is 0 Å². The quantitative estimate of drug-likeness (QED) is 0.648. The Kier molecular flexibility index (Phi) is 3.27. The number of rotatable bonds is 2. The van der Waals surface area contributed by atoms with Gasteiger partial charge in [0.2, 0.25) is 0 Å². The predicted molar refractivity (Wildman–Crippen MR) is 85.2 cm³/mol. The van der Waals surface area contributed by atoms with Crippen LogP contribution in [0.25, 0.3) is 10.8 Å². The van der Waals surface area contributed by atoms with Crippen molar-refractivity contribution in [1.29, 1.82) is 0 Å². The Labute approximate surface area is 120 Å². The molecule has 2 aromatic carbocycles. The van der Waals surface area contributed by atoms with Crippen LogP contribution in [0.4, 0.5) is 0 Å². The summed E-state index contributed by atoms with van der Waals surface area (Å²) in [6.07, 6.45) is 0.966. The van der Waals surface area contributed by atoms with E-state index < -0.39 is 0 Å². The fraction of sp³-hybridized carbons (Fsp3) is 0.211. The molecular formula is C19H19N. The van der Waals surface area contributed by atoms with Crippen molar-refractivity contribution >= 4 is 10.8 Å². The molecule has 1 heteroatoms. The number of hydrogen-bond donors (Lipinski definition) is 0. The molecule has 0 spiro atoms. The summed E-state index contributed by atoms with van der Waals surface area (Å²) in [5.74, 6) is 0. The predicted octanol–water partition coefficient (Wildman–Crippen LogP) is 4.75. The average Bonchev–Trinajstić information content (AvgIpc) is 2.38. The number of benzene rings is 2. The standard InChI is InChI=1S/C19H19N/c1-13-4-6-19-12-16(5-7-18(19)8-13)11-17-9-14(2)20-15(3)10-17/h4-10,12H,11H2,1-3H3. The highest BCUT2D eigenvalue weighted by Gasteiger charge is 2.01. The number of pyridine rings is 1. The Bertz CT molecular complexity index is 752. The lowest BCUT2D eigenvalue weighted by Crippen LogP contribution is -1.93. The van der Waals surface area contributed by atoms with Gasteiger partial charge in [-0.25, -0.2) is 0 Å². The summed E-state index contributed by atoms with van der Waals surface area (Å²) in [5.41, 5.74) is 6.19. The van der Waals surface area contributed by atoms with Gasteiger partial charge in [-0.05, 0) is 61.2 Å². The number of nitrogens with zero attached hydrogens (tertiary/aromatic N) is 1. The van der Waals surface area contributed by atoms with Crippen molar-refractivity contribution in [3.8, 4) is 0 Å². The van der Waals surface area contributed by atoms with Gasteiger partial charge in [0.15, 0.2) is 0 Å². The van der Waals surface area contributed by atoms with E-state index in [0.29, 0.717) is 0 Å². The van der Waals surface area contributed by atoms with Gasteiger partial charge in [0.05, 0.1) is 0 Å². The summed E-state index contributed by atoms with van der Waals surface area (Å²) in [7, 11) is 0. The van der Waals surface area contributed by atoms with Crippen LogP contribution in [0.2, 0.25) is 0 Å². The maximum absolute atomic E-state index is 4.44. The van der Waals surface area contributed by atoms with E-state index >= 15 is 0 Å². The summed E-state index contributed by atoms with van der Waals surface area (Å²) in [6, 6.07) is 17.7. The van der Waals surface area contributed by atoms with Gasteiger partial charge in [-0.15, -0.1) is 0 Å². The largest absolute Gasteiger partial charge is 0.258 e.